The minimum Gasteiger partial charge on any atom is -0.468 e. The van der Waals surface area contributed by atoms with Gasteiger partial charge >= 0.3 is 0 Å². The highest BCUT2D eigenvalue weighted by molar-refractivity contribution is 6.32. The van der Waals surface area contributed by atoms with Crippen LogP contribution in [0.25, 0.3) is 0 Å². The van der Waals surface area contributed by atoms with Crippen molar-refractivity contribution >= 4 is 46.6 Å². The van der Waals surface area contributed by atoms with Crippen molar-refractivity contribution in [2.75, 3.05) is 62.4 Å². The number of amides is 2. The molecule has 0 radical (unpaired) electrons. The van der Waals surface area contributed by atoms with Gasteiger partial charge in [-0.3, -0.25) is 9.59 Å². The lowest BCUT2D eigenvalue weighted by Gasteiger charge is -2.32. The Morgan fingerprint density at radius 2 is 1.88 bits per heavy atom. The highest BCUT2D eigenvalue weighted by Crippen LogP contribution is 2.37. The molecule has 0 aliphatic carbocycles. The number of hydrogen-bond donors (Lipinski definition) is 2. The number of nitrogens with zero attached hydrogens (tertiary/aromatic N) is 5. The number of fused-ring (bicyclic) bond motifs is 1. The summed E-state index contributed by atoms with van der Waals surface area (Å²) in [6.45, 7) is 7.56. The third-order valence-corrected chi connectivity index (χ3v) is 5.66. The van der Waals surface area contributed by atoms with E-state index in [4.69, 9.17) is 16.3 Å². The summed E-state index contributed by atoms with van der Waals surface area (Å²) in [5.41, 5.74) is 1.23. The Kier molecular flexibility index (Phi) is 7.93. The maximum atomic E-state index is 12.4. The average Bonchev–Trinajstić information content (AvgIpc) is 2.84. The number of nitrogens with one attached hydrogen (secondary N) is 2. The van der Waals surface area contributed by atoms with Crippen molar-refractivity contribution in [3.05, 3.63) is 29.4 Å². The number of carbonyl (C=O) groups excluding carboxylic acids is 2. The van der Waals surface area contributed by atoms with E-state index in [1.165, 1.54) is 11.9 Å². The van der Waals surface area contributed by atoms with Crippen LogP contribution in [-0.4, -0.2) is 80.1 Å². The fraction of sp³-hybridized carbons (Fsp3) is 0.455. The van der Waals surface area contributed by atoms with Crippen LogP contribution < -0.4 is 25.2 Å². The Labute approximate surface area is 198 Å². The number of aromatic nitrogens is 2. The van der Waals surface area contributed by atoms with Gasteiger partial charge in [-0.25, -0.2) is 4.98 Å². The number of carbonyl (C=O) groups is 2. The van der Waals surface area contributed by atoms with Crippen LogP contribution in [0.15, 0.2) is 24.4 Å². The molecule has 1 unspecified atom stereocenters. The quantitative estimate of drug-likeness (QED) is 0.648. The maximum absolute atomic E-state index is 12.4. The van der Waals surface area contributed by atoms with E-state index in [9.17, 15) is 9.59 Å². The number of ether oxygens (including phenoxy) is 1. The van der Waals surface area contributed by atoms with Crippen LogP contribution in [0.3, 0.4) is 0 Å². The Hall–Kier alpha value is -3.11. The first kappa shape index (κ1) is 24.5. The zero-order valence-corrected chi connectivity index (χ0v) is 20.3. The molecule has 2 aliphatic heterocycles. The smallest absolute Gasteiger partial charge is 0.277 e. The number of hydrogen-bond acceptors (Lipinski definition) is 8. The number of rotatable bonds is 4. The van der Waals surface area contributed by atoms with Gasteiger partial charge in [-0.15, -0.1) is 0 Å². The van der Waals surface area contributed by atoms with Crippen LogP contribution >= 0.6 is 11.6 Å². The lowest BCUT2D eigenvalue weighted by Crippen LogP contribution is -2.51. The first-order valence-electron chi connectivity index (χ1n) is 10.9. The average molecular weight is 476 g/mol. The van der Waals surface area contributed by atoms with E-state index in [0.29, 0.717) is 33.9 Å². The molecule has 2 aromatic rings. The van der Waals surface area contributed by atoms with Crippen molar-refractivity contribution in [3.8, 4) is 5.75 Å². The molecule has 0 spiro atoms. The number of halogens is 1. The molecule has 2 N–H and O–H groups in total. The molecule has 178 valence electrons. The summed E-state index contributed by atoms with van der Waals surface area (Å²) in [6.07, 6.45) is 0.345. The van der Waals surface area contributed by atoms with E-state index in [1.54, 1.807) is 31.4 Å². The van der Waals surface area contributed by atoms with Crippen molar-refractivity contribution in [3.63, 3.8) is 0 Å². The summed E-state index contributed by atoms with van der Waals surface area (Å²) in [7, 11) is 5.16. The molecule has 0 bridgehead atoms. The van der Waals surface area contributed by atoms with E-state index in [2.05, 4.69) is 37.4 Å². The monoisotopic (exact) mass is 475 g/mol. The molecule has 1 saturated heterocycles. The molecular weight excluding hydrogens is 446 g/mol. The Morgan fingerprint density at radius 1 is 1.18 bits per heavy atom. The van der Waals surface area contributed by atoms with Gasteiger partial charge in [0.2, 0.25) is 5.95 Å². The summed E-state index contributed by atoms with van der Waals surface area (Å²) >= 11 is 6.33. The van der Waals surface area contributed by atoms with Gasteiger partial charge in [0.05, 0.1) is 11.9 Å². The highest BCUT2D eigenvalue weighted by Gasteiger charge is 2.37. The second-order valence-electron chi connectivity index (χ2n) is 7.47. The molecular formula is C22H30ClN7O3. The van der Waals surface area contributed by atoms with Crippen LogP contribution in [0.5, 0.6) is 5.75 Å². The van der Waals surface area contributed by atoms with Gasteiger partial charge in [0.1, 0.15) is 10.8 Å². The molecule has 1 aromatic carbocycles. The van der Waals surface area contributed by atoms with Crippen molar-refractivity contribution in [2.45, 2.75) is 20.0 Å². The third-order valence-electron chi connectivity index (χ3n) is 5.39. The van der Waals surface area contributed by atoms with Gasteiger partial charge < -0.3 is 30.1 Å². The van der Waals surface area contributed by atoms with Gasteiger partial charge in [0.15, 0.2) is 5.82 Å². The normalized spacial score (nSPS) is 18.0. The summed E-state index contributed by atoms with van der Waals surface area (Å²) in [5, 5.41) is 6.02. The largest absolute Gasteiger partial charge is 0.468 e. The van der Waals surface area contributed by atoms with Crippen molar-refractivity contribution in [1.82, 2.24) is 20.2 Å². The Balaban J connectivity index is 0.00000149. The molecule has 0 saturated carbocycles. The summed E-state index contributed by atoms with van der Waals surface area (Å²) in [6, 6.07) is 5.24. The van der Waals surface area contributed by atoms with E-state index in [-0.39, 0.29) is 0 Å². The number of likely N-dealkylation sites (N-methyl/N-ethyl adjacent to an activating group) is 3. The van der Waals surface area contributed by atoms with Crippen LogP contribution in [0.4, 0.5) is 23.1 Å². The molecule has 33 heavy (non-hydrogen) atoms. The van der Waals surface area contributed by atoms with E-state index < -0.39 is 17.9 Å². The predicted octanol–water partition coefficient (Wildman–Crippen LogP) is 2.12. The van der Waals surface area contributed by atoms with Crippen molar-refractivity contribution in [2.24, 2.45) is 0 Å². The fourth-order valence-corrected chi connectivity index (χ4v) is 3.61. The van der Waals surface area contributed by atoms with Gasteiger partial charge in [0, 0.05) is 52.0 Å². The predicted molar refractivity (Wildman–Crippen MR) is 130 cm³/mol. The number of piperazine rings is 1. The third kappa shape index (κ3) is 5.28. The summed E-state index contributed by atoms with van der Waals surface area (Å²) in [4.78, 5) is 39.2. The number of anilines is 4. The molecule has 1 atom stereocenters. The van der Waals surface area contributed by atoms with Crippen molar-refractivity contribution in [1.29, 1.82) is 0 Å². The van der Waals surface area contributed by atoms with Crippen LogP contribution in [0.2, 0.25) is 5.02 Å². The maximum Gasteiger partial charge on any atom is 0.277 e. The van der Waals surface area contributed by atoms with Gasteiger partial charge in [-0.2, -0.15) is 4.98 Å². The highest BCUT2D eigenvalue weighted by atomic mass is 35.5. The van der Waals surface area contributed by atoms with E-state index >= 15 is 0 Å². The first-order chi connectivity index (χ1) is 15.9. The minimum atomic E-state index is -1.23. The fourth-order valence-electron chi connectivity index (χ4n) is 3.47. The molecule has 2 aliphatic rings. The minimum absolute atomic E-state index is 0.382. The zero-order chi connectivity index (χ0) is 24.1. The molecule has 11 heteroatoms. The van der Waals surface area contributed by atoms with Gasteiger partial charge in [0.25, 0.3) is 17.9 Å². The summed E-state index contributed by atoms with van der Waals surface area (Å²) < 4.78 is 5.68. The standard InChI is InChI=1S/C20H24ClN7O3.C2H6/c1-22-18(29)16-19(30)27(3)14-5-4-12(10-15(14)31-16)24-17-13(21)11-23-20(25-17)28-8-6-26(2)7-9-28;1-2/h4-5,10-11,16H,6-9H2,1-3H3,(H,22,29)(H,23,24,25);1-2H3. The van der Waals surface area contributed by atoms with Crippen LogP contribution in [0.1, 0.15) is 13.8 Å². The molecule has 2 amide bonds. The summed E-state index contributed by atoms with van der Waals surface area (Å²) in [5.74, 6) is 0.553. The molecule has 10 nitrogen and oxygen atoms in total. The zero-order valence-electron chi connectivity index (χ0n) is 19.6. The Morgan fingerprint density at radius 3 is 2.55 bits per heavy atom. The van der Waals surface area contributed by atoms with E-state index in [0.717, 1.165) is 26.2 Å². The van der Waals surface area contributed by atoms with Crippen LogP contribution in [-0.2, 0) is 9.59 Å². The SMILES string of the molecule is CC.CNC(=O)C1Oc2cc(Nc3nc(N4CCN(C)CC4)ncc3Cl)ccc2N(C)C1=O. The molecule has 3 heterocycles. The second-order valence-corrected chi connectivity index (χ2v) is 7.88. The van der Waals surface area contributed by atoms with E-state index in [1.807, 2.05) is 13.8 Å². The lowest BCUT2D eigenvalue weighted by molar-refractivity contribution is -0.138. The molecule has 1 fully saturated rings. The lowest BCUT2D eigenvalue weighted by atomic mass is 10.1. The van der Waals surface area contributed by atoms with Gasteiger partial charge in [-0.05, 0) is 19.2 Å². The number of benzene rings is 1. The Bertz CT molecular complexity index is 1010. The van der Waals surface area contributed by atoms with Crippen molar-refractivity contribution < 1.29 is 14.3 Å². The van der Waals surface area contributed by atoms with Crippen LogP contribution in [0, 0.1) is 0 Å². The topological polar surface area (TPSA) is 103 Å². The first-order valence-corrected chi connectivity index (χ1v) is 11.3. The molecule has 4 rings (SSSR count). The second kappa shape index (κ2) is 10.7. The van der Waals surface area contributed by atoms with Gasteiger partial charge in [-0.1, -0.05) is 25.4 Å². The molecule has 1 aromatic heterocycles.